The molecule has 2 rings (SSSR count). The fraction of sp³-hybridized carbons (Fsp3) is 0.0714. The number of anilines is 1. The number of carbonyl (C=O) groups is 1. The van der Waals surface area contributed by atoms with Crippen LogP contribution in [0, 0.1) is 10.1 Å². The Morgan fingerprint density at radius 3 is 2.38 bits per heavy atom. The second-order valence-corrected chi connectivity index (χ2v) is 6.78. The van der Waals surface area contributed by atoms with Gasteiger partial charge in [-0.1, -0.05) is 23.7 Å². The summed E-state index contributed by atoms with van der Waals surface area (Å²) in [6.45, 7) is -0.572. The largest absolute Gasteiger partial charge is 0.325 e. The molecule has 0 unspecified atom stereocenters. The van der Waals surface area contributed by atoms with Crippen LogP contribution in [0.3, 0.4) is 0 Å². The standard InChI is InChI=1S/C14H12ClN3O5S/c15-10-5-7-11(8-6-10)17-14(19)9-16-24(22,23)13-4-2-1-3-12(13)18(20)21/h1-8,16H,9H2,(H,17,19). The van der Waals surface area contributed by atoms with Crippen molar-refractivity contribution in [1.82, 2.24) is 4.72 Å². The van der Waals surface area contributed by atoms with Gasteiger partial charge in [-0.2, -0.15) is 0 Å². The van der Waals surface area contributed by atoms with E-state index in [1.807, 2.05) is 4.72 Å². The number of amides is 1. The van der Waals surface area contributed by atoms with Crippen molar-refractivity contribution in [3.05, 3.63) is 63.7 Å². The maximum atomic E-state index is 12.1. The highest BCUT2D eigenvalue weighted by Gasteiger charge is 2.25. The van der Waals surface area contributed by atoms with Crippen molar-refractivity contribution in [2.75, 3.05) is 11.9 Å². The Morgan fingerprint density at radius 1 is 1.12 bits per heavy atom. The van der Waals surface area contributed by atoms with Gasteiger partial charge in [-0.05, 0) is 30.3 Å². The molecule has 0 radical (unpaired) electrons. The van der Waals surface area contributed by atoms with Crippen molar-refractivity contribution in [2.24, 2.45) is 0 Å². The number of sulfonamides is 1. The lowest BCUT2D eigenvalue weighted by Gasteiger charge is -2.08. The van der Waals surface area contributed by atoms with Crippen molar-refractivity contribution in [1.29, 1.82) is 0 Å². The van der Waals surface area contributed by atoms with Crippen LogP contribution in [0.25, 0.3) is 0 Å². The van der Waals surface area contributed by atoms with Crippen LogP contribution in [0.15, 0.2) is 53.4 Å². The monoisotopic (exact) mass is 369 g/mol. The van der Waals surface area contributed by atoms with E-state index in [4.69, 9.17) is 11.6 Å². The van der Waals surface area contributed by atoms with Crippen LogP contribution < -0.4 is 10.0 Å². The predicted molar refractivity (Wildman–Crippen MR) is 88.4 cm³/mol. The van der Waals surface area contributed by atoms with Crippen LogP contribution in [0.4, 0.5) is 11.4 Å². The van der Waals surface area contributed by atoms with Crippen LogP contribution in [0.5, 0.6) is 0 Å². The zero-order chi connectivity index (χ0) is 17.7. The normalized spacial score (nSPS) is 11.0. The quantitative estimate of drug-likeness (QED) is 0.597. The third-order valence-electron chi connectivity index (χ3n) is 2.90. The molecular weight excluding hydrogens is 358 g/mol. The highest BCUT2D eigenvalue weighted by atomic mass is 35.5. The van der Waals surface area contributed by atoms with Gasteiger partial charge in [0.25, 0.3) is 5.69 Å². The van der Waals surface area contributed by atoms with Gasteiger partial charge in [0.2, 0.25) is 15.9 Å². The van der Waals surface area contributed by atoms with Crippen molar-refractivity contribution < 1.29 is 18.1 Å². The van der Waals surface area contributed by atoms with E-state index < -0.39 is 38.0 Å². The molecule has 10 heteroatoms. The van der Waals surface area contributed by atoms with Crippen LogP contribution in [0.1, 0.15) is 0 Å². The number of benzene rings is 2. The number of hydrogen-bond acceptors (Lipinski definition) is 5. The summed E-state index contributed by atoms with van der Waals surface area (Å²) in [5.41, 5.74) is -0.127. The molecule has 1 amide bonds. The van der Waals surface area contributed by atoms with E-state index in [0.717, 1.165) is 12.1 Å². The van der Waals surface area contributed by atoms with Gasteiger partial charge < -0.3 is 5.32 Å². The zero-order valence-corrected chi connectivity index (χ0v) is 13.7. The van der Waals surface area contributed by atoms with Crippen LogP contribution in [-0.4, -0.2) is 25.8 Å². The summed E-state index contributed by atoms with van der Waals surface area (Å²) < 4.78 is 26.3. The van der Waals surface area contributed by atoms with Crippen molar-refractivity contribution in [3.63, 3.8) is 0 Å². The molecule has 24 heavy (non-hydrogen) atoms. The van der Waals surface area contributed by atoms with Gasteiger partial charge in [0, 0.05) is 16.8 Å². The third-order valence-corrected chi connectivity index (χ3v) is 4.60. The third kappa shape index (κ3) is 4.51. The van der Waals surface area contributed by atoms with Crippen molar-refractivity contribution >= 4 is 38.9 Å². The van der Waals surface area contributed by atoms with Gasteiger partial charge in [-0.15, -0.1) is 0 Å². The minimum Gasteiger partial charge on any atom is -0.325 e. The van der Waals surface area contributed by atoms with Gasteiger partial charge in [-0.3, -0.25) is 14.9 Å². The molecule has 0 aliphatic heterocycles. The van der Waals surface area contributed by atoms with Crippen LogP contribution >= 0.6 is 11.6 Å². The van der Waals surface area contributed by atoms with Gasteiger partial charge in [0.15, 0.2) is 4.90 Å². The Balaban J connectivity index is 2.06. The zero-order valence-electron chi connectivity index (χ0n) is 12.1. The number of hydrogen-bond donors (Lipinski definition) is 2. The molecule has 0 spiro atoms. The molecule has 0 bridgehead atoms. The smallest absolute Gasteiger partial charge is 0.289 e. The number of nitrogens with zero attached hydrogens (tertiary/aromatic N) is 1. The Morgan fingerprint density at radius 2 is 1.75 bits per heavy atom. The molecule has 2 aromatic carbocycles. The van der Waals surface area contributed by atoms with Gasteiger partial charge >= 0.3 is 0 Å². The van der Waals surface area contributed by atoms with Crippen LogP contribution in [-0.2, 0) is 14.8 Å². The lowest BCUT2D eigenvalue weighted by molar-refractivity contribution is -0.387. The number of nitrogens with one attached hydrogen (secondary N) is 2. The highest BCUT2D eigenvalue weighted by Crippen LogP contribution is 2.22. The average molecular weight is 370 g/mol. The van der Waals surface area contributed by atoms with E-state index in [0.29, 0.717) is 10.7 Å². The van der Waals surface area contributed by atoms with E-state index in [1.54, 1.807) is 24.3 Å². The van der Waals surface area contributed by atoms with Gasteiger partial charge in [-0.25, -0.2) is 13.1 Å². The molecule has 2 N–H and O–H groups in total. The fourth-order valence-corrected chi connectivity index (χ4v) is 3.09. The summed E-state index contributed by atoms with van der Waals surface area (Å²) in [7, 11) is -4.20. The van der Waals surface area contributed by atoms with E-state index in [2.05, 4.69) is 5.32 Å². The molecule has 0 fully saturated rings. The Hall–Kier alpha value is -2.49. The number of rotatable bonds is 6. The lowest BCUT2D eigenvalue weighted by atomic mass is 10.3. The number of carbonyl (C=O) groups excluding carboxylic acids is 1. The van der Waals surface area contributed by atoms with E-state index in [1.165, 1.54) is 12.1 Å². The molecule has 0 atom stereocenters. The maximum Gasteiger partial charge on any atom is 0.289 e. The summed E-state index contributed by atoms with van der Waals surface area (Å²) in [5, 5.41) is 13.9. The summed E-state index contributed by atoms with van der Waals surface area (Å²) in [6.07, 6.45) is 0. The Kier molecular flexibility index (Phi) is 5.50. The van der Waals surface area contributed by atoms with Crippen molar-refractivity contribution in [2.45, 2.75) is 4.90 Å². The topological polar surface area (TPSA) is 118 Å². The minimum atomic E-state index is -4.20. The Labute approximate surface area is 142 Å². The molecule has 0 saturated carbocycles. The first-order valence-electron chi connectivity index (χ1n) is 6.58. The molecular formula is C14H12ClN3O5S. The summed E-state index contributed by atoms with van der Waals surface area (Å²) in [6, 6.07) is 11.1. The number of halogens is 1. The molecule has 126 valence electrons. The summed E-state index contributed by atoms with van der Waals surface area (Å²) in [4.78, 5) is 21.4. The van der Waals surface area contributed by atoms with Gasteiger partial charge in [0.1, 0.15) is 0 Å². The average Bonchev–Trinajstić information content (AvgIpc) is 2.55. The van der Waals surface area contributed by atoms with Crippen LogP contribution in [0.2, 0.25) is 5.02 Å². The molecule has 0 saturated heterocycles. The molecule has 0 heterocycles. The predicted octanol–water partition coefficient (Wildman–Crippen LogP) is 2.17. The Bertz CT molecular complexity index is 868. The van der Waals surface area contributed by atoms with E-state index in [9.17, 15) is 23.3 Å². The molecule has 0 aromatic heterocycles. The minimum absolute atomic E-state index is 0.439. The molecule has 0 aliphatic rings. The first kappa shape index (κ1) is 17.9. The SMILES string of the molecule is O=C(CNS(=O)(=O)c1ccccc1[N+](=O)[O-])Nc1ccc(Cl)cc1. The highest BCUT2D eigenvalue weighted by molar-refractivity contribution is 7.89. The lowest BCUT2D eigenvalue weighted by Crippen LogP contribution is -2.33. The first-order valence-corrected chi connectivity index (χ1v) is 8.44. The summed E-state index contributed by atoms with van der Waals surface area (Å²) >= 11 is 5.72. The number of nitro benzene ring substituents is 1. The fourth-order valence-electron chi connectivity index (χ4n) is 1.81. The van der Waals surface area contributed by atoms with E-state index in [-0.39, 0.29) is 0 Å². The molecule has 0 aliphatic carbocycles. The summed E-state index contributed by atoms with van der Waals surface area (Å²) in [5.74, 6) is -0.625. The van der Waals surface area contributed by atoms with E-state index >= 15 is 0 Å². The first-order chi connectivity index (χ1) is 11.3. The second-order valence-electron chi connectivity index (χ2n) is 4.60. The number of para-hydroxylation sites is 1. The molecule has 8 nitrogen and oxygen atoms in total. The number of nitro groups is 1. The second kappa shape index (κ2) is 7.39. The maximum absolute atomic E-state index is 12.1. The van der Waals surface area contributed by atoms with Gasteiger partial charge in [0.05, 0.1) is 11.5 Å². The molecule has 2 aromatic rings. The van der Waals surface area contributed by atoms with Crippen molar-refractivity contribution in [3.8, 4) is 0 Å².